The average molecular weight is 344 g/mol. The molecule has 0 aromatic heterocycles. The number of hydrogen-bond acceptors (Lipinski definition) is 3. The maximum Gasteiger partial charge on any atom is 0.240 e. The minimum absolute atomic E-state index is 0.00497. The smallest absolute Gasteiger partial charge is 0.240 e. The minimum Gasteiger partial charge on any atom is -0.350 e. The molecule has 0 spiro atoms. The summed E-state index contributed by atoms with van der Waals surface area (Å²) in [5.41, 5.74) is 8.05. The monoisotopic (exact) mass is 343 g/mol. The van der Waals surface area contributed by atoms with Gasteiger partial charge in [0.2, 0.25) is 5.91 Å². The number of hydrogen-bond donors (Lipinski definition) is 2. The van der Waals surface area contributed by atoms with Crippen LogP contribution in [0, 0.1) is 11.8 Å². The van der Waals surface area contributed by atoms with Crippen molar-refractivity contribution in [1.29, 1.82) is 0 Å². The van der Waals surface area contributed by atoms with Crippen molar-refractivity contribution in [1.82, 2.24) is 10.2 Å². The zero-order chi connectivity index (χ0) is 17.9. The Kier molecular flexibility index (Phi) is 5.80. The topological polar surface area (TPSA) is 58.4 Å². The molecule has 2 aliphatic rings. The Morgan fingerprint density at radius 2 is 1.68 bits per heavy atom. The number of piperidine rings is 1. The van der Waals surface area contributed by atoms with E-state index in [0.717, 1.165) is 49.6 Å². The Balaban J connectivity index is 1.49. The highest BCUT2D eigenvalue weighted by molar-refractivity contribution is 5.86. The molecule has 1 aliphatic heterocycles. The van der Waals surface area contributed by atoms with Gasteiger partial charge in [0, 0.05) is 26.2 Å². The van der Waals surface area contributed by atoms with E-state index in [0.29, 0.717) is 6.54 Å². The van der Waals surface area contributed by atoms with E-state index in [4.69, 9.17) is 5.73 Å². The van der Waals surface area contributed by atoms with E-state index in [1.54, 1.807) is 0 Å². The van der Waals surface area contributed by atoms with Gasteiger partial charge in [-0.05, 0) is 42.2 Å². The molecule has 1 aromatic rings. The molecule has 2 atom stereocenters. The molecule has 3 N–H and O–H groups in total. The maximum absolute atomic E-state index is 12.3. The molecule has 0 bridgehead atoms. The van der Waals surface area contributed by atoms with Gasteiger partial charge in [-0.1, -0.05) is 51.0 Å². The molecule has 4 nitrogen and oxygen atoms in total. The third-order valence-electron chi connectivity index (χ3n) is 5.77. The number of benzene rings is 1. The number of nitrogens with one attached hydrogen (secondary N) is 1. The zero-order valence-electron chi connectivity index (χ0n) is 15.8. The molecule has 1 aromatic carbocycles. The van der Waals surface area contributed by atoms with Crippen LogP contribution in [0.15, 0.2) is 24.3 Å². The van der Waals surface area contributed by atoms with Gasteiger partial charge < -0.3 is 11.1 Å². The van der Waals surface area contributed by atoms with Crippen molar-refractivity contribution in [3.63, 3.8) is 0 Å². The van der Waals surface area contributed by atoms with Gasteiger partial charge in [0.05, 0.1) is 5.54 Å². The third-order valence-corrected chi connectivity index (χ3v) is 5.77. The first-order chi connectivity index (χ1) is 11.9. The predicted molar refractivity (Wildman–Crippen MR) is 102 cm³/mol. The number of likely N-dealkylation sites (tertiary alicyclic amines) is 1. The summed E-state index contributed by atoms with van der Waals surface area (Å²) in [5.74, 6) is 1.58. The van der Waals surface area contributed by atoms with Gasteiger partial charge in [0.15, 0.2) is 0 Å². The van der Waals surface area contributed by atoms with E-state index in [1.807, 2.05) is 0 Å². The molecule has 3 rings (SSSR count). The molecular formula is C21H33N3O. The lowest BCUT2D eigenvalue weighted by Crippen LogP contribution is -2.51. The van der Waals surface area contributed by atoms with Crippen LogP contribution in [0.4, 0.5) is 0 Å². The molecule has 4 heteroatoms. The fraction of sp³-hybridized carbons (Fsp3) is 0.667. The van der Waals surface area contributed by atoms with Crippen LogP contribution in [0.5, 0.6) is 0 Å². The summed E-state index contributed by atoms with van der Waals surface area (Å²) < 4.78 is 0. The largest absolute Gasteiger partial charge is 0.350 e. The molecule has 1 aliphatic carbocycles. The van der Waals surface area contributed by atoms with Crippen LogP contribution in [-0.2, 0) is 17.9 Å². The van der Waals surface area contributed by atoms with Crippen LogP contribution in [0.3, 0.4) is 0 Å². The Morgan fingerprint density at radius 1 is 1.12 bits per heavy atom. The van der Waals surface area contributed by atoms with E-state index in [-0.39, 0.29) is 5.91 Å². The van der Waals surface area contributed by atoms with Crippen LogP contribution < -0.4 is 11.1 Å². The zero-order valence-corrected chi connectivity index (χ0v) is 15.8. The molecule has 25 heavy (non-hydrogen) atoms. The Bertz CT molecular complexity index is 567. The van der Waals surface area contributed by atoms with Gasteiger partial charge in [0.25, 0.3) is 0 Å². The molecule has 138 valence electrons. The van der Waals surface area contributed by atoms with Crippen molar-refractivity contribution < 1.29 is 4.79 Å². The number of rotatable bonds is 5. The Hall–Kier alpha value is -1.39. The summed E-state index contributed by atoms with van der Waals surface area (Å²) in [7, 11) is 0. The highest BCUT2D eigenvalue weighted by Gasteiger charge is 2.36. The predicted octanol–water partition coefficient (Wildman–Crippen LogP) is 3.05. The van der Waals surface area contributed by atoms with Gasteiger partial charge in [0.1, 0.15) is 0 Å². The summed E-state index contributed by atoms with van der Waals surface area (Å²) in [6.07, 6.45) is 5.09. The molecule has 1 saturated heterocycles. The van der Waals surface area contributed by atoms with Gasteiger partial charge >= 0.3 is 0 Å². The number of carbonyl (C=O) groups excluding carboxylic acids is 1. The molecule has 1 saturated carbocycles. The Morgan fingerprint density at radius 3 is 2.28 bits per heavy atom. The first-order valence-electron chi connectivity index (χ1n) is 9.82. The van der Waals surface area contributed by atoms with Crippen molar-refractivity contribution in [2.45, 2.75) is 64.6 Å². The van der Waals surface area contributed by atoms with Crippen molar-refractivity contribution in [3.8, 4) is 0 Å². The van der Waals surface area contributed by atoms with Crippen LogP contribution in [-0.4, -0.2) is 29.4 Å². The van der Waals surface area contributed by atoms with Gasteiger partial charge in [-0.3, -0.25) is 9.69 Å². The molecule has 2 unspecified atom stereocenters. The number of amides is 1. The van der Waals surface area contributed by atoms with E-state index < -0.39 is 5.54 Å². The number of nitrogens with two attached hydrogens (primary N) is 1. The Labute approximate surface area is 152 Å². The first kappa shape index (κ1) is 18.4. The lowest BCUT2D eigenvalue weighted by molar-refractivity contribution is -0.126. The molecular weight excluding hydrogens is 310 g/mol. The van der Waals surface area contributed by atoms with Crippen LogP contribution in [0.2, 0.25) is 0 Å². The van der Waals surface area contributed by atoms with Gasteiger partial charge in [-0.25, -0.2) is 0 Å². The standard InChI is InChI=1S/C21H33N3O/c1-16-11-17(2)14-24(13-16)15-19-7-5-18(6-8-19)12-23-20(25)21(22)9-3-4-10-21/h5-8,16-17H,3-4,9-15,22H2,1-2H3,(H,23,25). The quantitative estimate of drug-likeness (QED) is 0.864. The SMILES string of the molecule is CC1CC(C)CN(Cc2ccc(CNC(=O)C3(N)CCCC3)cc2)C1. The number of carbonyl (C=O) groups is 1. The average Bonchev–Trinajstić information content (AvgIpc) is 3.01. The molecule has 1 heterocycles. The molecule has 0 radical (unpaired) electrons. The van der Waals surface area contributed by atoms with Gasteiger partial charge in [-0.15, -0.1) is 0 Å². The summed E-state index contributed by atoms with van der Waals surface area (Å²) in [6.45, 7) is 8.68. The van der Waals surface area contributed by atoms with Crippen LogP contribution in [0.1, 0.15) is 57.1 Å². The van der Waals surface area contributed by atoms with Crippen molar-refractivity contribution >= 4 is 5.91 Å². The summed E-state index contributed by atoms with van der Waals surface area (Å²) >= 11 is 0. The first-order valence-corrected chi connectivity index (χ1v) is 9.82. The normalized spacial score (nSPS) is 26.5. The number of nitrogens with zero attached hydrogens (tertiary/aromatic N) is 1. The second-order valence-electron chi connectivity index (χ2n) is 8.50. The van der Waals surface area contributed by atoms with Crippen LogP contribution >= 0.6 is 0 Å². The maximum atomic E-state index is 12.3. The van der Waals surface area contributed by atoms with Crippen molar-refractivity contribution in [2.24, 2.45) is 17.6 Å². The second kappa shape index (κ2) is 7.88. The third kappa shape index (κ3) is 4.83. The molecule has 1 amide bonds. The lowest BCUT2D eigenvalue weighted by atomic mass is 9.91. The highest BCUT2D eigenvalue weighted by atomic mass is 16.2. The second-order valence-corrected chi connectivity index (χ2v) is 8.50. The van der Waals surface area contributed by atoms with Crippen molar-refractivity contribution in [2.75, 3.05) is 13.1 Å². The minimum atomic E-state index is -0.637. The lowest BCUT2D eigenvalue weighted by Gasteiger charge is -2.35. The van der Waals surface area contributed by atoms with Crippen molar-refractivity contribution in [3.05, 3.63) is 35.4 Å². The summed E-state index contributed by atoms with van der Waals surface area (Å²) in [5, 5.41) is 3.02. The molecule has 2 fully saturated rings. The fourth-order valence-electron chi connectivity index (χ4n) is 4.53. The van der Waals surface area contributed by atoms with E-state index in [9.17, 15) is 4.79 Å². The van der Waals surface area contributed by atoms with Gasteiger partial charge in [-0.2, -0.15) is 0 Å². The fourth-order valence-corrected chi connectivity index (χ4v) is 4.53. The summed E-state index contributed by atoms with van der Waals surface area (Å²) in [6, 6.07) is 8.65. The van der Waals surface area contributed by atoms with Crippen LogP contribution in [0.25, 0.3) is 0 Å². The summed E-state index contributed by atoms with van der Waals surface area (Å²) in [4.78, 5) is 14.9. The van der Waals surface area contributed by atoms with E-state index in [2.05, 4.69) is 48.3 Å². The highest BCUT2D eigenvalue weighted by Crippen LogP contribution is 2.27. The van der Waals surface area contributed by atoms with E-state index in [1.165, 1.54) is 25.1 Å². The van der Waals surface area contributed by atoms with E-state index >= 15 is 0 Å².